The lowest BCUT2D eigenvalue weighted by Crippen LogP contribution is -2.21. The van der Waals surface area contributed by atoms with Crippen molar-refractivity contribution < 1.29 is 43.7 Å². The average Bonchev–Trinajstić information content (AvgIpc) is 4.15. The number of aromatic nitrogens is 2. The Morgan fingerprint density at radius 3 is 1.68 bits per heavy atom. The normalized spacial score (nSPS) is 19.8. The number of nitrogens with zero attached hydrogens (tertiary/aromatic N) is 2. The SMILES string of the molecule is CCCCCC(=O)Nc1ccc(/C2=c3\cc/c([nH]3)=C(\c3ccc(S(=O)(=O)O)cc3)C3=N/C(=C(/c4ccc(S(=O)(=O)O)cc4)c4ccc([nH]4)C(c4ccc(S(=O)(=O)O)cc4)C4C=CC2=N4)C=C3)cc1. The number of amides is 1. The van der Waals surface area contributed by atoms with Gasteiger partial charge in [-0.05, 0) is 120 Å². The van der Waals surface area contributed by atoms with E-state index in [1.165, 1.54) is 36.4 Å². The summed E-state index contributed by atoms with van der Waals surface area (Å²) >= 11 is 0. The highest BCUT2D eigenvalue weighted by molar-refractivity contribution is 7.86. The zero-order chi connectivity index (χ0) is 48.0. The molecule has 6 aromatic rings. The Labute approximate surface area is 392 Å². The molecule has 2 unspecified atom stereocenters. The van der Waals surface area contributed by atoms with Gasteiger partial charge in [-0.2, -0.15) is 25.3 Å². The third-order valence-corrected chi connectivity index (χ3v) is 14.5. The number of unbranched alkanes of at least 4 members (excludes halogenated alkanes) is 2. The first-order valence-corrected chi connectivity index (χ1v) is 25.8. The second-order valence-electron chi connectivity index (χ2n) is 16.4. The maximum absolute atomic E-state index is 12.8. The number of nitrogens with one attached hydrogen (secondary N) is 3. The van der Waals surface area contributed by atoms with Crippen LogP contribution in [0.25, 0.3) is 16.7 Å². The maximum Gasteiger partial charge on any atom is 0.294 e. The van der Waals surface area contributed by atoms with Crippen molar-refractivity contribution in [2.45, 2.75) is 59.3 Å². The standard InChI is InChI=1S/C50H43N5O10S3/c1-2-3-4-5-46(56)51-34-14-6-30(7-15-34)47-38-22-24-40(52-38)48(31-8-16-35(17-9-31)66(57,58)59)42-26-28-44(54-42)50(33-12-20-37(21-13-33)68(63,64)65)45-29-27-43(55-45)49(41-25-23-39(47)53-41)32-10-18-36(19-11-32)67(60,61)62/h6-29,40,48,53-54H,2-5H2,1H3,(H,51,56)(H,57,58,59)(H,60,61,62)(H,63,64,65)/b47-39-,49-41-,50-45-. The molecule has 0 saturated carbocycles. The molecule has 3 aliphatic rings. The van der Waals surface area contributed by atoms with E-state index >= 15 is 0 Å². The molecule has 1 amide bonds. The molecule has 0 radical (unpaired) electrons. The highest BCUT2D eigenvalue weighted by Gasteiger charge is 2.30. The number of rotatable bonds is 12. The van der Waals surface area contributed by atoms with E-state index < -0.39 is 42.3 Å². The Morgan fingerprint density at radius 1 is 0.588 bits per heavy atom. The number of carbonyl (C=O) groups excluding carboxylic acids is 1. The number of aliphatic imine (C=N–C) groups is 2. The molecule has 0 aliphatic carbocycles. The van der Waals surface area contributed by atoms with Gasteiger partial charge in [-0.3, -0.25) is 23.4 Å². The van der Waals surface area contributed by atoms with Gasteiger partial charge in [0.2, 0.25) is 5.91 Å². The molecule has 0 fully saturated rings. The number of anilines is 1. The van der Waals surface area contributed by atoms with Crippen molar-refractivity contribution in [3.63, 3.8) is 0 Å². The maximum atomic E-state index is 12.8. The monoisotopic (exact) mass is 969 g/mol. The molecular formula is C50H43N5O10S3. The second-order valence-corrected chi connectivity index (χ2v) is 20.7. The van der Waals surface area contributed by atoms with E-state index in [9.17, 15) is 43.7 Å². The van der Waals surface area contributed by atoms with Crippen molar-refractivity contribution in [2.75, 3.05) is 5.32 Å². The largest absolute Gasteiger partial charge is 0.358 e. The molecule has 3 aliphatic heterocycles. The van der Waals surface area contributed by atoms with Gasteiger partial charge in [0, 0.05) is 50.9 Å². The Kier molecular flexibility index (Phi) is 12.3. The van der Waals surface area contributed by atoms with Gasteiger partial charge >= 0.3 is 0 Å². The van der Waals surface area contributed by atoms with Crippen molar-refractivity contribution in [1.29, 1.82) is 0 Å². The second kappa shape index (κ2) is 18.2. The summed E-state index contributed by atoms with van der Waals surface area (Å²) in [6, 6.07) is 31.6. The Morgan fingerprint density at radius 2 is 1.12 bits per heavy atom. The van der Waals surface area contributed by atoms with E-state index in [-0.39, 0.29) is 20.6 Å². The van der Waals surface area contributed by atoms with Gasteiger partial charge in [-0.1, -0.05) is 74.4 Å². The first kappa shape index (κ1) is 46.1. The zero-order valence-corrected chi connectivity index (χ0v) is 38.6. The van der Waals surface area contributed by atoms with E-state index in [0.29, 0.717) is 84.7 Å². The van der Waals surface area contributed by atoms with Crippen LogP contribution in [0.3, 0.4) is 0 Å². The molecule has 346 valence electrons. The minimum atomic E-state index is -4.52. The Hall–Kier alpha value is -7.06. The lowest BCUT2D eigenvalue weighted by atomic mass is 9.89. The number of aromatic amines is 2. The van der Waals surface area contributed by atoms with Gasteiger partial charge in [-0.25, -0.2) is 4.99 Å². The lowest BCUT2D eigenvalue weighted by Gasteiger charge is -2.21. The number of allylic oxidation sites excluding steroid dienone is 3. The minimum absolute atomic E-state index is 0.0802. The van der Waals surface area contributed by atoms with Crippen molar-refractivity contribution in [2.24, 2.45) is 9.98 Å². The van der Waals surface area contributed by atoms with Crippen molar-refractivity contribution in [3.05, 3.63) is 196 Å². The van der Waals surface area contributed by atoms with Crippen LogP contribution >= 0.6 is 0 Å². The molecular weight excluding hydrogens is 927 g/mol. The topological polar surface area (TPSA) is 249 Å². The molecule has 2 aromatic heterocycles. The van der Waals surface area contributed by atoms with Crippen molar-refractivity contribution >= 4 is 70.1 Å². The number of carbonyl (C=O) groups is 1. The van der Waals surface area contributed by atoms with Crippen LogP contribution in [0.4, 0.5) is 5.69 Å². The molecule has 9 rings (SSSR count). The Bertz CT molecular complexity index is 3620. The molecule has 8 bridgehead atoms. The molecule has 15 nitrogen and oxygen atoms in total. The van der Waals surface area contributed by atoms with E-state index in [2.05, 4.69) is 22.2 Å². The average molecular weight is 970 g/mol. The number of hydrogen-bond donors (Lipinski definition) is 6. The molecule has 18 heteroatoms. The summed E-state index contributed by atoms with van der Waals surface area (Å²) in [6.07, 6.45) is 10.6. The van der Waals surface area contributed by atoms with E-state index in [1.807, 2.05) is 60.7 Å². The number of benzene rings is 4. The number of fused-ring (bicyclic) bond motifs is 6. The molecule has 2 atom stereocenters. The first-order chi connectivity index (χ1) is 32.4. The molecule has 0 spiro atoms. The van der Waals surface area contributed by atoms with Gasteiger partial charge in [-0.15, -0.1) is 0 Å². The fraction of sp³-hybridized carbons (Fsp3) is 0.140. The lowest BCUT2D eigenvalue weighted by molar-refractivity contribution is -0.116. The predicted octanol–water partition coefficient (Wildman–Crippen LogP) is 7.00. The molecule has 6 N–H and O–H groups in total. The van der Waals surface area contributed by atoms with Crippen LogP contribution in [0.2, 0.25) is 0 Å². The van der Waals surface area contributed by atoms with Crippen LogP contribution in [0.15, 0.2) is 176 Å². The van der Waals surface area contributed by atoms with Gasteiger partial charge in [0.15, 0.2) is 0 Å². The summed E-state index contributed by atoms with van der Waals surface area (Å²) in [5.41, 5.74) is 7.72. The van der Waals surface area contributed by atoms with Crippen molar-refractivity contribution in [1.82, 2.24) is 9.97 Å². The highest BCUT2D eigenvalue weighted by Crippen LogP contribution is 2.38. The molecule has 0 saturated heterocycles. The van der Waals surface area contributed by atoms with Gasteiger partial charge < -0.3 is 15.3 Å². The fourth-order valence-electron chi connectivity index (χ4n) is 8.63. The number of hydrogen-bond acceptors (Lipinski definition) is 9. The Balaban J connectivity index is 1.30. The van der Waals surface area contributed by atoms with E-state index in [4.69, 9.17) is 9.98 Å². The summed E-state index contributed by atoms with van der Waals surface area (Å²) in [5.74, 6) is -0.632. The van der Waals surface area contributed by atoms with Crippen LogP contribution in [0.1, 0.15) is 72.2 Å². The van der Waals surface area contributed by atoms with Crippen molar-refractivity contribution in [3.8, 4) is 0 Å². The summed E-state index contributed by atoms with van der Waals surface area (Å²) in [4.78, 5) is 29.5. The third-order valence-electron chi connectivity index (χ3n) is 11.9. The van der Waals surface area contributed by atoms with Crippen LogP contribution in [0, 0.1) is 0 Å². The quantitative estimate of drug-likeness (QED) is 0.0542. The summed E-state index contributed by atoms with van der Waals surface area (Å²) in [6.45, 7) is 2.08. The van der Waals surface area contributed by atoms with Crippen LogP contribution in [-0.2, 0) is 35.1 Å². The van der Waals surface area contributed by atoms with Crippen LogP contribution in [-0.4, -0.2) is 72.3 Å². The number of H-pyrrole nitrogens is 2. The minimum Gasteiger partial charge on any atom is -0.358 e. The van der Waals surface area contributed by atoms with Gasteiger partial charge in [0.05, 0.1) is 43.8 Å². The zero-order valence-electron chi connectivity index (χ0n) is 36.2. The first-order valence-electron chi connectivity index (χ1n) is 21.5. The summed E-state index contributed by atoms with van der Waals surface area (Å²) in [7, 11) is -13.5. The van der Waals surface area contributed by atoms with Gasteiger partial charge in [0.1, 0.15) is 0 Å². The molecule has 5 heterocycles. The predicted molar refractivity (Wildman–Crippen MR) is 259 cm³/mol. The summed E-state index contributed by atoms with van der Waals surface area (Å²) in [5, 5.41) is 4.22. The molecule has 4 aromatic carbocycles. The van der Waals surface area contributed by atoms with E-state index in [1.54, 1.807) is 48.6 Å². The summed E-state index contributed by atoms with van der Waals surface area (Å²) < 4.78 is 102. The van der Waals surface area contributed by atoms with E-state index in [0.717, 1.165) is 24.8 Å². The third kappa shape index (κ3) is 9.55. The van der Waals surface area contributed by atoms with Crippen LogP contribution < -0.4 is 16.0 Å². The molecule has 68 heavy (non-hydrogen) atoms. The smallest absolute Gasteiger partial charge is 0.294 e. The highest BCUT2D eigenvalue weighted by atomic mass is 32.2. The fourth-order valence-corrected chi connectivity index (χ4v) is 10.1. The van der Waals surface area contributed by atoms with Gasteiger partial charge in [0.25, 0.3) is 30.4 Å². The van der Waals surface area contributed by atoms with Crippen LogP contribution in [0.5, 0.6) is 0 Å².